The Labute approximate surface area is 182 Å². The molecule has 0 saturated carbocycles. The summed E-state index contributed by atoms with van der Waals surface area (Å²) >= 11 is 9.49. The molecule has 0 heterocycles. The number of benzene rings is 2. The van der Waals surface area contributed by atoms with E-state index in [0.717, 1.165) is 4.74 Å². The predicted molar refractivity (Wildman–Crippen MR) is 88.5 cm³/mol. The van der Waals surface area contributed by atoms with Gasteiger partial charge in [0.25, 0.3) is 0 Å². The minimum atomic E-state index is -0.0160. The van der Waals surface area contributed by atoms with Crippen LogP contribution in [0, 0.1) is 5.21 Å². The first kappa shape index (κ1) is 19.5. The van der Waals surface area contributed by atoms with Crippen molar-refractivity contribution in [2.45, 2.75) is 0 Å². The third kappa shape index (κ3) is 5.58. The Morgan fingerprint density at radius 2 is 1.82 bits per heavy atom. The second-order valence-electron chi connectivity index (χ2n) is 4.04. The molecule has 108 valence electrons. The summed E-state index contributed by atoms with van der Waals surface area (Å²) in [4.78, 5) is 0. The Morgan fingerprint density at radius 1 is 1.18 bits per heavy atom. The molecule has 7 heteroatoms. The maximum Gasteiger partial charge on any atom is 1.00 e. The minimum absolute atomic E-state index is 0. The van der Waals surface area contributed by atoms with E-state index in [1.807, 2.05) is 0 Å². The largest absolute Gasteiger partial charge is 1.00 e. The average molecular weight is 357 g/mol. The molecule has 0 aromatic heterocycles. The number of hydrogen-bond acceptors (Lipinski definition) is 5. The molecule has 0 unspecified atom stereocenters. The molecule has 0 radical (unpaired) electrons. The third-order valence-corrected chi connectivity index (χ3v) is 2.86. The van der Waals surface area contributed by atoms with E-state index < -0.39 is 0 Å². The topological polar surface area (TPSA) is 44.5 Å². The van der Waals surface area contributed by atoms with Gasteiger partial charge in [-0.25, -0.2) is 0 Å². The second kappa shape index (κ2) is 9.56. The van der Waals surface area contributed by atoms with E-state index in [4.69, 9.17) is 34.3 Å². The van der Waals surface area contributed by atoms with Crippen LogP contribution >= 0.6 is 12.2 Å². The zero-order valence-corrected chi connectivity index (χ0v) is 16.9. The summed E-state index contributed by atoms with van der Waals surface area (Å²) in [6.45, 7) is 0. The maximum absolute atomic E-state index is 12.2. The number of nitrogens with zero attached hydrogens (tertiary/aromatic N) is 1. The van der Waals surface area contributed by atoms with Crippen molar-refractivity contribution >= 4 is 41.1 Å². The second-order valence-corrected chi connectivity index (χ2v) is 5.04. The molecule has 0 N–H and O–H groups in total. The Morgan fingerprint density at radius 3 is 2.41 bits per heavy atom. The van der Waals surface area contributed by atoms with Gasteiger partial charge in [0, 0.05) is 16.5 Å². The molecule has 4 nitrogen and oxygen atoms in total. The third-order valence-electron chi connectivity index (χ3n) is 2.70. The van der Waals surface area contributed by atoms with Gasteiger partial charge >= 0.3 is 51.4 Å². The Kier molecular flexibility index (Phi) is 8.48. The van der Waals surface area contributed by atoms with E-state index in [1.54, 1.807) is 55.6 Å². The van der Waals surface area contributed by atoms with Gasteiger partial charge < -0.3 is 39.5 Å². The van der Waals surface area contributed by atoms with Crippen LogP contribution in [0.3, 0.4) is 0 Å². The van der Waals surface area contributed by atoms with Gasteiger partial charge in [0.2, 0.25) is 5.69 Å². The first-order valence-electron chi connectivity index (χ1n) is 6.03. The van der Waals surface area contributed by atoms with Crippen molar-refractivity contribution in [3.8, 4) is 11.5 Å². The fraction of sp³-hybridized carbons (Fsp3) is 0.0667. The summed E-state index contributed by atoms with van der Waals surface area (Å²) in [5.74, 6) is 1.14. The van der Waals surface area contributed by atoms with Crippen molar-refractivity contribution in [3.63, 3.8) is 0 Å². The summed E-state index contributed by atoms with van der Waals surface area (Å²) in [6, 6.07) is 13.8. The van der Waals surface area contributed by atoms with Gasteiger partial charge in [-0.1, -0.05) is 12.1 Å². The zero-order chi connectivity index (χ0) is 15.2. The monoisotopic (exact) mass is 357 g/mol. The molecule has 0 atom stereocenters. The Bertz CT molecular complexity index is 675. The van der Waals surface area contributed by atoms with E-state index in [2.05, 4.69) is 0 Å². The molecule has 22 heavy (non-hydrogen) atoms. The van der Waals surface area contributed by atoms with Gasteiger partial charge in [-0.05, 0) is 24.3 Å². The fourth-order valence-corrected chi connectivity index (χ4v) is 1.88. The first-order chi connectivity index (χ1) is 10.1. The number of thiocarbonyl (C=S) groups is 1. The van der Waals surface area contributed by atoms with Crippen LogP contribution < -0.4 is 60.9 Å². The van der Waals surface area contributed by atoms with Crippen molar-refractivity contribution in [2.24, 2.45) is 0 Å². The summed E-state index contributed by atoms with van der Waals surface area (Å²) < 4.78 is 11.0. The molecule has 2 aromatic carbocycles. The van der Waals surface area contributed by atoms with Gasteiger partial charge in [0.05, 0.1) is 12.7 Å². The number of hydrogen-bond donors (Lipinski definition) is 0. The molecule has 0 aliphatic heterocycles. The van der Waals surface area contributed by atoms with Crippen molar-refractivity contribution in [2.75, 3.05) is 7.11 Å². The fourth-order valence-electron chi connectivity index (χ4n) is 1.70. The van der Waals surface area contributed by atoms with Gasteiger partial charge in [-0.3, -0.25) is 0 Å². The van der Waals surface area contributed by atoms with Crippen molar-refractivity contribution < 1.29 is 65.6 Å². The van der Waals surface area contributed by atoms with Crippen LogP contribution in [0.5, 0.6) is 11.5 Å². The predicted octanol–water partition coefficient (Wildman–Crippen LogP) is 0.171. The Balaban J connectivity index is 0.00000242. The van der Waals surface area contributed by atoms with E-state index in [-0.39, 0.29) is 55.8 Å². The van der Waals surface area contributed by atoms with Crippen LogP contribution in [0.15, 0.2) is 48.5 Å². The molecule has 2 rings (SSSR count). The van der Waals surface area contributed by atoms with Gasteiger partial charge in [0.15, 0.2) is 6.21 Å². The van der Waals surface area contributed by atoms with Crippen molar-refractivity contribution in [1.29, 1.82) is 0 Å². The first-order valence-corrected chi connectivity index (χ1v) is 6.85. The molecule has 0 bridgehead atoms. The molecule has 2 aromatic rings. The van der Waals surface area contributed by atoms with Gasteiger partial charge in [-0.2, -0.15) is 4.74 Å². The molecular weight excluding hydrogens is 345 g/mol. The summed E-state index contributed by atoms with van der Waals surface area (Å²) in [7, 11) is 1.57. The standard InChI is InChI=1S/C15H13NO3S2.K/c1-18-13-8-6-12(7-9-13)16(17)10-11-4-2-3-5-14(11)19-15(20)21;/h2-10H,1H3,(H,20,21);/q;+1/p-1/b16-10-;. The zero-order valence-electron chi connectivity index (χ0n) is 12.2. The summed E-state index contributed by atoms with van der Waals surface area (Å²) in [5.41, 5.74) is 1.07. The minimum Gasteiger partial charge on any atom is -0.618 e. The van der Waals surface area contributed by atoms with E-state index in [9.17, 15) is 5.21 Å². The molecule has 0 amide bonds. The van der Waals surface area contributed by atoms with E-state index in [1.165, 1.54) is 6.21 Å². The quantitative estimate of drug-likeness (QED) is 0.148. The average Bonchev–Trinajstić information content (AvgIpc) is 2.49. The van der Waals surface area contributed by atoms with Crippen LogP contribution in [-0.4, -0.2) is 22.4 Å². The normalized spacial score (nSPS) is 10.5. The molecular formula is C15H12KNO3S2. The molecule has 0 saturated heterocycles. The van der Waals surface area contributed by atoms with Crippen LogP contribution in [0.2, 0.25) is 0 Å². The van der Waals surface area contributed by atoms with Crippen LogP contribution in [-0.2, 0) is 12.6 Å². The van der Waals surface area contributed by atoms with Crippen molar-refractivity contribution in [3.05, 3.63) is 59.3 Å². The smallest absolute Gasteiger partial charge is 0.618 e. The molecule has 0 aliphatic carbocycles. The van der Waals surface area contributed by atoms with Crippen LogP contribution in [0.25, 0.3) is 0 Å². The molecule has 0 fully saturated rings. The number of methoxy groups -OCH3 is 1. The molecule has 0 aliphatic rings. The summed E-state index contributed by atoms with van der Waals surface area (Å²) in [5, 5.41) is 12.2. The SMILES string of the molecule is COc1ccc(/[N+]([O-])=C/c2ccccc2OC(=S)[S-])cc1.[K+]. The van der Waals surface area contributed by atoms with Crippen LogP contribution in [0.1, 0.15) is 5.56 Å². The summed E-state index contributed by atoms with van der Waals surface area (Å²) in [6.07, 6.45) is 1.41. The van der Waals surface area contributed by atoms with Gasteiger partial charge in [0.1, 0.15) is 11.5 Å². The maximum atomic E-state index is 12.2. The van der Waals surface area contributed by atoms with Crippen LogP contribution in [0.4, 0.5) is 5.69 Å². The molecule has 0 spiro atoms. The number of rotatable bonds is 4. The van der Waals surface area contributed by atoms with Crippen molar-refractivity contribution in [1.82, 2.24) is 0 Å². The van der Waals surface area contributed by atoms with E-state index in [0.29, 0.717) is 22.7 Å². The van der Waals surface area contributed by atoms with E-state index >= 15 is 0 Å². The van der Waals surface area contributed by atoms with Gasteiger partial charge in [-0.15, -0.1) is 0 Å². The Hall–Kier alpha value is -0.544. The number of para-hydroxylation sites is 1. The number of ether oxygens (including phenoxy) is 2.